The third-order valence-electron chi connectivity index (χ3n) is 2.83. The fourth-order valence-electron chi connectivity index (χ4n) is 1.91. The van der Waals surface area contributed by atoms with Crippen LogP contribution < -0.4 is 10.2 Å². The summed E-state index contributed by atoms with van der Waals surface area (Å²) in [7, 11) is 1.68. The van der Waals surface area contributed by atoms with E-state index in [1.807, 2.05) is 0 Å². The Hall–Kier alpha value is -1.01. The van der Waals surface area contributed by atoms with Crippen LogP contribution in [0.2, 0.25) is 0 Å². The Morgan fingerprint density at radius 2 is 2.12 bits per heavy atom. The first-order valence-electron chi connectivity index (χ1n) is 5.17. The normalized spacial score (nSPS) is 20.1. The van der Waals surface area contributed by atoms with E-state index in [2.05, 4.69) is 21.2 Å². The lowest BCUT2D eigenvalue weighted by Gasteiger charge is -2.18. The van der Waals surface area contributed by atoms with Gasteiger partial charge in [0, 0.05) is 12.6 Å². The highest BCUT2D eigenvalue weighted by Crippen LogP contribution is 2.29. The maximum absolute atomic E-state index is 13.6. The number of halogens is 3. The highest BCUT2D eigenvalue weighted by molar-refractivity contribution is 9.10. The maximum Gasteiger partial charge on any atom is 0.244 e. The van der Waals surface area contributed by atoms with Crippen LogP contribution in [0.5, 0.6) is 0 Å². The second-order valence-electron chi connectivity index (χ2n) is 3.84. The number of likely N-dealkylation sites (N-methyl/N-ethyl adjacent to an activating group) is 1. The van der Waals surface area contributed by atoms with E-state index in [1.165, 1.54) is 11.0 Å². The second-order valence-corrected chi connectivity index (χ2v) is 4.69. The first-order valence-corrected chi connectivity index (χ1v) is 5.97. The smallest absolute Gasteiger partial charge is 0.244 e. The lowest BCUT2D eigenvalue weighted by Crippen LogP contribution is -2.36. The summed E-state index contributed by atoms with van der Waals surface area (Å²) in [5, 5.41) is 2.86. The number of amides is 1. The van der Waals surface area contributed by atoms with Crippen LogP contribution in [0.15, 0.2) is 16.6 Å². The average Bonchev–Trinajstić information content (AvgIpc) is 2.65. The van der Waals surface area contributed by atoms with Gasteiger partial charge in [-0.1, -0.05) is 0 Å². The number of carbonyl (C=O) groups excluding carboxylic acids is 1. The highest BCUT2D eigenvalue weighted by atomic mass is 79.9. The Balaban J connectivity index is 2.36. The predicted octanol–water partition coefficient (Wildman–Crippen LogP) is 2.05. The fourth-order valence-corrected chi connectivity index (χ4v) is 2.24. The Labute approximate surface area is 106 Å². The minimum atomic E-state index is -0.726. The number of hydrogen-bond acceptors (Lipinski definition) is 2. The van der Waals surface area contributed by atoms with Crippen molar-refractivity contribution in [3.8, 4) is 0 Å². The van der Waals surface area contributed by atoms with E-state index in [9.17, 15) is 13.6 Å². The molecule has 1 aliphatic heterocycles. The van der Waals surface area contributed by atoms with Crippen molar-refractivity contribution in [2.45, 2.75) is 12.5 Å². The van der Waals surface area contributed by atoms with Gasteiger partial charge in [0.05, 0.1) is 16.2 Å². The molecule has 2 rings (SSSR count). The molecule has 1 fully saturated rings. The van der Waals surface area contributed by atoms with E-state index >= 15 is 0 Å². The topological polar surface area (TPSA) is 32.3 Å². The summed E-state index contributed by atoms with van der Waals surface area (Å²) < 4.78 is 26.8. The Morgan fingerprint density at radius 1 is 1.41 bits per heavy atom. The minimum Gasteiger partial charge on any atom is -0.309 e. The van der Waals surface area contributed by atoms with Crippen molar-refractivity contribution in [3.05, 3.63) is 28.2 Å². The molecule has 0 bridgehead atoms. The molecule has 0 spiro atoms. The van der Waals surface area contributed by atoms with Crippen molar-refractivity contribution in [3.63, 3.8) is 0 Å². The van der Waals surface area contributed by atoms with Crippen LogP contribution >= 0.6 is 15.9 Å². The second kappa shape index (κ2) is 4.70. The summed E-state index contributed by atoms with van der Waals surface area (Å²) in [5.41, 5.74) is 0.112. The summed E-state index contributed by atoms with van der Waals surface area (Å²) in [6, 6.07) is 1.78. The molecule has 1 atom stereocenters. The van der Waals surface area contributed by atoms with E-state index in [-0.39, 0.29) is 22.1 Å². The number of rotatable bonds is 2. The molecule has 17 heavy (non-hydrogen) atoms. The van der Waals surface area contributed by atoms with E-state index in [4.69, 9.17) is 0 Å². The van der Waals surface area contributed by atoms with Crippen molar-refractivity contribution in [2.75, 3.05) is 18.5 Å². The van der Waals surface area contributed by atoms with Crippen molar-refractivity contribution in [1.29, 1.82) is 0 Å². The Kier molecular flexibility index (Phi) is 3.44. The van der Waals surface area contributed by atoms with Gasteiger partial charge in [0.15, 0.2) is 0 Å². The average molecular weight is 305 g/mol. The van der Waals surface area contributed by atoms with Crippen molar-refractivity contribution >= 4 is 27.5 Å². The van der Waals surface area contributed by atoms with Crippen molar-refractivity contribution in [1.82, 2.24) is 5.32 Å². The lowest BCUT2D eigenvalue weighted by molar-refractivity contribution is -0.118. The summed E-state index contributed by atoms with van der Waals surface area (Å²) in [4.78, 5) is 13.2. The number of carbonyl (C=O) groups is 1. The highest BCUT2D eigenvalue weighted by Gasteiger charge is 2.33. The van der Waals surface area contributed by atoms with Gasteiger partial charge in [-0.3, -0.25) is 4.79 Å². The molecule has 0 aromatic heterocycles. The molecular weight excluding hydrogens is 294 g/mol. The Bertz CT molecular complexity index is 467. The van der Waals surface area contributed by atoms with Crippen LogP contribution in [0, 0.1) is 11.6 Å². The standard InChI is InChI=1S/C11H11BrF2N2O/c1-15-9-2-3-16(11(9)17)10-4-6(12)7(13)5-8(10)14/h4-5,9,15H,2-3H2,1H3. The molecule has 6 heteroatoms. The molecule has 1 saturated heterocycles. The summed E-state index contributed by atoms with van der Waals surface area (Å²) in [6.45, 7) is 0.430. The van der Waals surface area contributed by atoms with Crippen LogP contribution in [0.3, 0.4) is 0 Å². The first-order chi connectivity index (χ1) is 8.04. The summed E-state index contributed by atoms with van der Waals surface area (Å²) in [6.07, 6.45) is 0.615. The van der Waals surface area contributed by atoms with Crippen LogP contribution in [0.4, 0.5) is 14.5 Å². The third kappa shape index (κ3) is 2.19. The van der Waals surface area contributed by atoms with Gasteiger partial charge in [-0.25, -0.2) is 8.78 Å². The largest absolute Gasteiger partial charge is 0.309 e. The molecule has 1 amide bonds. The Morgan fingerprint density at radius 3 is 2.71 bits per heavy atom. The molecular formula is C11H11BrF2N2O. The lowest BCUT2D eigenvalue weighted by atomic mass is 10.2. The molecule has 0 radical (unpaired) electrons. The molecule has 1 heterocycles. The van der Waals surface area contributed by atoms with Crippen LogP contribution in [0.1, 0.15) is 6.42 Å². The number of nitrogens with one attached hydrogen (secondary N) is 1. The fraction of sp³-hybridized carbons (Fsp3) is 0.364. The zero-order valence-corrected chi connectivity index (χ0v) is 10.7. The van der Waals surface area contributed by atoms with Crippen molar-refractivity contribution in [2.24, 2.45) is 0 Å². The zero-order valence-electron chi connectivity index (χ0n) is 9.14. The molecule has 1 aliphatic rings. The molecule has 92 valence electrons. The van der Waals surface area contributed by atoms with E-state index in [0.717, 1.165) is 6.07 Å². The minimum absolute atomic E-state index is 0.112. The third-order valence-corrected chi connectivity index (χ3v) is 3.44. The SMILES string of the molecule is CNC1CCN(c2cc(Br)c(F)cc2F)C1=O. The molecule has 1 unspecified atom stereocenters. The molecule has 0 saturated carbocycles. The van der Waals surface area contributed by atoms with E-state index in [1.54, 1.807) is 7.05 Å². The number of nitrogens with zero attached hydrogens (tertiary/aromatic N) is 1. The van der Waals surface area contributed by atoms with Gasteiger partial charge in [0.2, 0.25) is 5.91 Å². The monoisotopic (exact) mass is 304 g/mol. The van der Waals surface area contributed by atoms with Gasteiger partial charge in [-0.2, -0.15) is 0 Å². The van der Waals surface area contributed by atoms with Gasteiger partial charge in [0.25, 0.3) is 0 Å². The number of anilines is 1. The summed E-state index contributed by atoms with van der Waals surface area (Å²) >= 11 is 2.98. The number of benzene rings is 1. The summed E-state index contributed by atoms with van der Waals surface area (Å²) in [5.74, 6) is -1.59. The van der Waals surface area contributed by atoms with Gasteiger partial charge in [0.1, 0.15) is 11.6 Å². The number of hydrogen-bond donors (Lipinski definition) is 1. The molecule has 1 aromatic rings. The zero-order chi connectivity index (χ0) is 12.6. The quantitative estimate of drug-likeness (QED) is 0.848. The van der Waals surface area contributed by atoms with Gasteiger partial charge >= 0.3 is 0 Å². The van der Waals surface area contributed by atoms with Crippen LogP contribution in [-0.2, 0) is 4.79 Å². The first kappa shape index (κ1) is 12.4. The van der Waals surface area contributed by atoms with E-state index in [0.29, 0.717) is 13.0 Å². The van der Waals surface area contributed by atoms with E-state index < -0.39 is 11.6 Å². The van der Waals surface area contributed by atoms with Crippen LogP contribution in [-0.4, -0.2) is 25.5 Å². The predicted molar refractivity (Wildman–Crippen MR) is 63.9 cm³/mol. The molecule has 0 aliphatic carbocycles. The van der Waals surface area contributed by atoms with Gasteiger partial charge < -0.3 is 10.2 Å². The van der Waals surface area contributed by atoms with Crippen LogP contribution in [0.25, 0.3) is 0 Å². The molecule has 3 nitrogen and oxygen atoms in total. The van der Waals surface area contributed by atoms with Gasteiger partial charge in [-0.15, -0.1) is 0 Å². The van der Waals surface area contributed by atoms with Crippen molar-refractivity contribution < 1.29 is 13.6 Å². The molecule has 1 N–H and O–H groups in total. The maximum atomic E-state index is 13.6. The van der Waals surface area contributed by atoms with Gasteiger partial charge in [-0.05, 0) is 35.5 Å². The molecule has 1 aromatic carbocycles.